The number of unbranched alkanes of at least 4 members (excludes halogenated alkanes) is 1. The first-order valence-electron chi connectivity index (χ1n) is 12.6. The second-order valence-corrected chi connectivity index (χ2v) is 10.6. The molecule has 0 aliphatic heterocycles. The van der Waals surface area contributed by atoms with Crippen LogP contribution in [0.15, 0.2) is 48.5 Å². The van der Waals surface area contributed by atoms with Gasteiger partial charge in [-0.15, -0.1) is 0 Å². The zero-order chi connectivity index (χ0) is 28.3. The summed E-state index contributed by atoms with van der Waals surface area (Å²) in [4.78, 5) is 27.7. The summed E-state index contributed by atoms with van der Waals surface area (Å²) in [5.74, 6) is -0.639. The van der Waals surface area contributed by atoms with Crippen LogP contribution < -0.4 is 5.32 Å². The van der Waals surface area contributed by atoms with Crippen molar-refractivity contribution < 1.29 is 22.8 Å². The standard InChI is InChI=1S/C29H35F3N4O2/c1-7-8-14-35(27(38)21-10-9-11-22(16-21)29(30,31)32)18-26(37)33-25-17-24(28(4,5)6)34-36(25)23-13-12-19(2)15-20(23)3/h9-13,15-17H,7-8,14,18H2,1-6H3,(H,33,37). The number of hydrogen-bond donors (Lipinski definition) is 1. The zero-order valence-corrected chi connectivity index (χ0v) is 22.7. The summed E-state index contributed by atoms with van der Waals surface area (Å²) in [6, 6.07) is 12.0. The van der Waals surface area contributed by atoms with Crippen LogP contribution in [-0.2, 0) is 16.4 Å². The van der Waals surface area contributed by atoms with Gasteiger partial charge >= 0.3 is 6.18 Å². The summed E-state index contributed by atoms with van der Waals surface area (Å²) in [6.45, 7) is 11.9. The van der Waals surface area contributed by atoms with E-state index in [1.165, 1.54) is 17.0 Å². The van der Waals surface area contributed by atoms with Crippen LogP contribution in [0.2, 0.25) is 0 Å². The predicted octanol–water partition coefficient (Wildman–Crippen LogP) is 6.69. The Labute approximate surface area is 221 Å². The number of halogens is 3. The van der Waals surface area contributed by atoms with Gasteiger partial charge in [0.25, 0.3) is 5.91 Å². The highest BCUT2D eigenvalue weighted by atomic mass is 19.4. The third-order valence-electron chi connectivity index (χ3n) is 6.17. The van der Waals surface area contributed by atoms with Crippen LogP contribution in [0.4, 0.5) is 19.0 Å². The highest BCUT2D eigenvalue weighted by Crippen LogP contribution is 2.30. The van der Waals surface area contributed by atoms with Crippen molar-refractivity contribution in [1.29, 1.82) is 0 Å². The van der Waals surface area contributed by atoms with Crippen LogP contribution in [-0.4, -0.2) is 39.6 Å². The van der Waals surface area contributed by atoms with Crippen LogP contribution >= 0.6 is 0 Å². The lowest BCUT2D eigenvalue weighted by molar-refractivity contribution is -0.137. The molecule has 0 aliphatic rings. The lowest BCUT2D eigenvalue weighted by atomic mass is 9.92. The first kappa shape index (κ1) is 28.9. The van der Waals surface area contributed by atoms with E-state index in [0.717, 1.165) is 41.1 Å². The number of aryl methyl sites for hydroxylation is 2. The molecular formula is C29H35F3N4O2. The van der Waals surface area contributed by atoms with E-state index in [1.54, 1.807) is 4.68 Å². The number of amides is 2. The summed E-state index contributed by atoms with van der Waals surface area (Å²) < 4.78 is 41.3. The van der Waals surface area contributed by atoms with Crippen LogP contribution in [0.3, 0.4) is 0 Å². The molecule has 1 N–H and O–H groups in total. The number of benzene rings is 2. The smallest absolute Gasteiger partial charge is 0.329 e. The fourth-order valence-corrected chi connectivity index (χ4v) is 4.03. The van der Waals surface area contributed by atoms with E-state index in [9.17, 15) is 22.8 Å². The topological polar surface area (TPSA) is 67.2 Å². The molecule has 38 heavy (non-hydrogen) atoms. The monoisotopic (exact) mass is 528 g/mol. The zero-order valence-electron chi connectivity index (χ0n) is 22.7. The van der Waals surface area contributed by atoms with Crippen molar-refractivity contribution in [3.05, 3.63) is 76.5 Å². The number of aromatic nitrogens is 2. The van der Waals surface area contributed by atoms with E-state index in [4.69, 9.17) is 5.10 Å². The Morgan fingerprint density at radius 1 is 1.03 bits per heavy atom. The van der Waals surface area contributed by atoms with E-state index in [1.807, 2.05) is 65.8 Å². The van der Waals surface area contributed by atoms with Crippen molar-refractivity contribution in [2.24, 2.45) is 0 Å². The number of rotatable bonds is 8. The third-order valence-corrected chi connectivity index (χ3v) is 6.17. The van der Waals surface area contributed by atoms with Gasteiger partial charge in [-0.2, -0.15) is 18.3 Å². The Morgan fingerprint density at radius 2 is 1.74 bits per heavy atom. The van der Waals surface area contributed by atoms with Gasteiger partial charge in [-0.25, -0.2) is 4.68 Å². The average molecular weight is 529 g/mol. The molecule has 1 heterocycles. The number of nitrogens with one attached hydrogen (secondary N) is 1. The van der Waals surface area contributed by atoms with Crippen LogP contribution in [0.5, 0.6) is 0 Å². The average Bonchev–Trinajstić information content (AvgIpc) is 3.24. The van der Waals surface area contributed by atoms with Crippen molar-refractivity contribution in [2.45, 2.75) is 66.0 Å². The van der Waals surface area contributed by atoms with E-state index in [2.05, 4.69) is 5.32 Å². The Balaban J connectivity index is 1.90. The molecule has 0 aliphatic carbocycles. The number of hydrogen-bond acceptors (Lipinski definition) is 3. The molecule has 0 unspecified atom stereocenters. The highest BCUT2D eigenvalue weighted by molar-refractivity contribution is 5.99. The molecular weight excluding hydrogens is 493 g/mol. The van der Waals surface area contributed by atoms with Crippen molar-refractivity contribution in [1.82, 2.24) is 14.7 Å². The van der Waals surface area contributed by atoms with Gasteiger partial charge in [0.2, 0.25) is 5.91 Å². The number of anilines is 1. The fraction of sp³-hybridized carbons (Fsp3) is 0.414. The summed E-state index contributed by atoms with van der Waals surface area (Å²) >= 11 is 0. The van der Waals surface area contributed by atoms with E-state index >= 15 is 0 Å². The molecule has 9 heteroatoms. The summed E-state index contributed by atoms with van der Waals surface area (Å²) in [5.41, 5.74) is 2.36. The third kappa shape index (κ3) is 7.02. The van der Waals surface area contributed by atoms with Gasteiger partial charge in [0.15, 0.2) is 0 Å². The maximum atomic E-state index is 13.2. The maximum Gasteiger partial charge on any atom is 0.416 e. The Hall–Kier alpha value is -3.62. The summed E-state index contributed by atoms with van der Waals surface area (Å²) in [5, 5.41) is 7.63. The second-order valence-electron chi connectivity index (χ2n) is 10.6. The number of nitrogens with zero attached hydrogens (tertiary/aromatic N) is 3. The first-order valence-corrected chi connectivity index (χ1v) is 12.6. The highest BCUT2D eigenvalue weighted by Gasteiger charge is 2.31. The largest absolute Gasteiger partial charge is 0.416 e. The quantitative estimate of drug-likeness (QED) is 0.354. The van der Waals surface area contributed by atoms with Crippen molar-refractivity contribution in [3.8, 4) is 5.69 Å². The molecule has 204 valence electrons. The number of carbonyl (C=O) groups excluding carboxylic acids is 2. The van der Waals surface area contributed by atoms with Crippen molar-refractivity contribution in [3.63, 3.8) is 0 Å². The fourth-order valence-electron chi connectivity index (χ4n) is 4.03. The minimum Gasteiger partial charge on any atom is -0.329 e. The van der Waals surface area contributed by atoms with Crippen molar-refractivity contribution in [2.75, 3.05) is 18.4 Å². The molecule has 0 fully saturated rings. The molecule has 3 rings (SSSR count). The minimum atomic E-state index is -4.57. The van der Waals surface area contributed by atoms with Gasteiger partial charge in [-0.1, -0.05) is 57.9 Å². The van der Waals surface area contributed by atoms with Gasteiger partial charge in [-0.05, 0) is 50.1 Å². The SMILES string of the molecule is CCCCN(CC(=O)Nc1cc(C(C)(C)C)nn1-c1ccc(C)cc1C)C(=O)c1cccc(C(F)(F)F)c1. The van der Waals surface area contributed by atoms with Gasteiger partial charge < -0.3 is 10.2 Å². The van der Waals surface area contributed by atoms with Crippen molar-refractivity contribution >= 4 is 17.6 Å². The van der Waals surface area contributed by atoms with E-state index < -0.39 is 23.6 Å². The summed E-state index contributed by atoms with van der Waals surface area (Å²) in [7, 11) is 0. The molecule has 3 aromatic rings. The molecule has 6 nitrogen and oxygen atoms in total. The molecule has 0 radical (unpaired) electrons. The molecule has 2 amide bonds. The van der Waals surface area contributed by atoms with Crippen LogP contribution in [0, 0.1) is 13.8 Å². The van der Waals surface area contributed by atoms with Gasteiger partial charge in [-0.3, -0.25) is 9.59 Å². The molecule has 0 saturated heterocycles. The van der Waals surface area contributed by atoms with E-state index in [0.29, 0.717) is 12.2 Å². The number of carbonyl (C=O) groups is 2. The first-order chi connectivity index (χ1) is 17.7. The van der Waals surface area contributed by atoms with Gasteiger partial charge in [0.1, 0.15) is 12.4 Å². The molecule has 0 saturated carbocycles. The predicted molar refractivity (Wildman–Crippen MR) is 143 cm³/mol. The molecule has 0 bridgehead atoms. The van der Waals surface area contributed by atoms with Crippen LogP contribution in [0.25, 0.3) is 5.69 Å². The lowest BCUT2D eigenvalue weighted by Crippen LogP contribution is -2.39. The van der Waals surface area contributed by atoms with Crippen LogP contribution in [0.1, 0.15) is 73.3 Å². The van der Waals surface area contributed by atoms with Gasteiger partial charge in [0.05, 0.1) is 16.9 Å². The Morgan fingerprint density at radius 3 is 2.34 bits per heavy atom. The number of alkyl halides is 3. The molecule has 0 spiro atoms. The Bertz CT molecular complexity index is 1310. The lowest BCUT2D eigenvalue weighted by Gasteiger charge is -2.23. The second kappa shape index (κ2) is 11.4. The normalized spacial score (nSPS) is 11.9. The minimum absolute atomic E-state index is 0.112. The summed E-state index contributed by atoms with van der Waals surface area (Å²) in [6.07, 6.45) is -3.21. The maximum absolute atomic E-state index is 13.2. The Kier molecular flexibility index (Phi) is 8.69. The van der Waals surface area contributed by atoms with Gasteiger partial charge in [0, 0.05) is 23.6 Å². The van der Waals surface area contributed by atoms with E-state index in [-0.39, 0.29) is 24.1 Å². The molecule has 1 aromatic heterocycles. The molecule has 2 aromatic carbocycles. The molecule has 0 atom stereocenters.